The van der Waals surface area contributed by atoms with Crippen LogP contribution in [0.4, 0.5) is 0 Å². The van der Waals surface area contributed by atoms with Crippen molar-refractivity contribution in [1.82, 2.24) is 0 Å². The van der Waals surface area contributed by atoms with Crippen molar-refractivity contribution in [2.24, 2.45) is 5.92 Å². The number of carbonyl (C=O) groups is 3. The molecule has 0 N–H and O–H groups in total. The molecule has 0 radical (unpaired) electrons. The molecule has 3 nitrogen and oxygen atoms in total. The zero-order valence-electron chi connectivity index (χ0n) is 6.30. The molecule has 0 aromatic heterocycles. The summed E-state index contributed by atoms with van der Waals surface area (Å²) in [7, 11) is 0. The summed E-state index contributed by atoms with van der Waals surface area (Å²) >= 11 is 0. The topological polar surface area (TPSA) is 51.2 Å². The Balaban J connectivity index is 0. The maximum atomic E-state index is 10.6. The molecule has 0 aliphatic heterocycles. The third-order valence-electron chi connectivity index (χ3n) is 1.22. The fraction of sp³-hybridized carbons (Fsp3) is 0.571. The van der Waals surface area contributed by atoms with Gasteiger partial charge < -0.3 is 0 Å². The Morgan fingerprint density at radius 1 is 0.818 bits per heavy atom. The molecule has 0 bridgehead atoms. The molecule has 0 aliphatic carbocycles. The van der Waals surface area contributed by atoms with Crippen LogP contribution in [-0.2, 0) is 14.4 Å². The molecule has 0 heterocycles. The first-order chi connectivity index (χ1) is 4.46. The molecular weight excluding hydrogens is 172 g/mol. The molecule has 0 spiro atoms. The number of carbonyl (C=O) groups excluding carboxylic acids is 3. The van der Waals surface area contributed by atoms with E-state index in [1.165, 1.54) is 20.8 Å². The first kappa shape index (κ1) is 13.8. The number of hydrogen-bond acceptors (Lipinski definition) is 3. The van der Waals surface area contributed by atoms with E-state index in [0.717, 1.165) is 0 Å². The fourth-order valence-corrected chi connectivity index (χ4v) is 0.859. The molecule has 0 atom stereocenters. The van der Waals surface area contributed by atoms with Crippen LogP contribution in [0.2, 0.25) is 0 Å². The van der Waals surface area contributed by atoms with E-state index in [2.05, 4.69) is 0 Å². The molecule has 0 saturated heterocycles. The summed E-state index contributed by atoms with van der Waals surface area (Å²) in [4.78, 5) is 31.8. The number of hydrogen-bond donors (Lipinski definition) is 0. The van der Waals surface area contributed by atoms with Crippen molar-refractivity contribution in [2.75, 3.05) is 0 Å². The molecule has 0 aromatic rings. The average molecular weight is 184 g/mol. The van der Waals surface area contributed by atoms with Crippen LogP contribution < -0.4 is 0 Å². The Bertz CT molecular complexity index is 153. The molecule has 11 heavy (non-hydrogen) atoms. The van der Waals surface area contributed by atoms with Crippen molar-refractivity contribution in [2.45, 2.75) is 20.8 Å². The van der Waals surface area contributed by atoms with Gasteiger partial charge in [-0.05, 0) is 20.8 Å². The summed E-state index contributed by atoms with van der Waals surface area (Å²) in [6.07, 6.45) is 0. The second kappa shape index (κ2) is 5.86. The Morgan fingerprint density at radius 3 is 1.00 bits per heavy atom. The average Bonchev–Trinajstić information content (AvgIpc) is 1.59. The quantitative estimate of drug-likeness (QED) is 0.437. The molecule has 0 fully saturated rings. The van der Waals surface area contributed by atoms with E-state index >= 15 is 0 Å². The minimum atomic E-state index is -1.03. The summed E-state index contributed by atoms with van der Waals surface area (Å²) in [5.74, 6) is -2.15. The van der Waals surface area contributed by atoms with Crippen LogP contribution in [-0.4, -0.2) is 55.1 Å². The van der Waals surface area contributed by atoms with Crippen molar-refractivity contribution >= 4 is 55.1 Å². The van der Waals surface area contributed by atoms with Crippen LogP contribution in [0, 0.1) is 5.92 Å². The van der Waals surface area contributed by atoms with Crippen molar-refractivity contribution in [1.29, 1.82) is 0 Å². The van der Waals surface area contributed by atoms with Gasteiger partial charge in [0, 0.05) is 0 Å². The summed E-state index contributed by atoms with van der Waals surface area (Å²) in [5.41, 5.74) is 0. The van der Waals surface area contributed by atoms with Crippen molar-refractivity contribution in [3.05, 3.63) is 0 Å². The second-order valence-electron chi connectivity index (χ2n) is 2.26. The molecule has 0 saturated carbocycles. The molecule has 0 aliphatic rings. The normalized spacial score (nSPS) is 8.73. The van der Waals surface area contributed by atoms with E-state index < -0.39 is 5.92 Å². The van der Waals surface area contributed by atoms with E-state index in [1.807, 2.05) is 0 Å². The van der Waals surface area contributed by atoms with Gasteiger partial charge in [-0.15, -0.1) is 0 Å². The monoisotopic (exact) mass is 184 g/mol. The molecular formula is C7H12CaO3. The van der Waals surface area contributed by atoms with Gasteiger partial charge in [0.1, 0.15) is 23.3 Å². The van der Waals surface area contributed by atoms with Crippen LogP contribution >= 0.6 is 0 Å². The van der Waals surface area contributed by atoms with E-state index in [9.17, 15) is 14.4 Å². The van der Waals surface area contributed by atoms with Gasteiger partial charge in [-0.3, -0.25) is 14.4 Å². The predicted molar refractivity (Wildman–Crippen MR) is 44.1 cm³/mol. The maximum absolute atomic E-state index is 10.6. The third kappa shape index (κ3) is 4.67. The van der Waals surface area contributed by atoms with Gasteiger partial charge >= 0.3 is 37.7 Å². The molecule has 60 valence electrons. The van der Waals surface area contributed by atoms with Crippen molar-refractivity contribution in [3.8, 4) is 0 Å². The van der Waals surface area contributed by atoms with E-state index in [-0.39, 0.29) is 55.1 Å². The van der Waals surface area contributed by atoms with Gasteiger partial charge in [0.2, 0.25) is 0 Å². The molecule has 4 heteroatoms. The summed E-state index contributed by atoms with van der Waals surface area (Å²) in [6, 6.07) is 0. The zero-order chi connectivity index (χ0) is 8.31. The van der Waals surface area contributed by atoms with Gasteiger partial charge in [-0.25, -0.2) is 0 Å². The van der Waals surface area contributed by atoms with Gasteiger partial charge in [-0.2, -0.15) is 0 Å². The van der Waals surface area contributed by atoms with Gasteiger partial charge in [0.05, 0.1) is 0 Å². The Hall–Kier alpha value is 0.270. The zero-order valence-corrected chi connectivity index (χ0v) is 6.30. The fourth-order valence-electron chi connectivity index (χ4n) is 0.859. The third-order valence-corrected chi connectivity index (χ3v) is 1.22. The molecule has 0 unspecified atom stereocenters. The number of ketones is 3. The van der Waals surface area contributed by atoms with Crippen LogP contribution in [0.15, 0.2) is 0 Å². The first-order valence-corrected chi connectivity index (χ1v) is 2.98. The van der Waals surface area contributed by atoms with Crippen LogP contribution in [0.1, 0.15) is 20.8 Å². The Kier molecular flexibility index (Phi) is 7.37. The van der Waals surface area contributed by atoms with Crippen LogP contribution in [0.25, 0.3) is 0 Å². The Labute approximate surface area is 95.5 Å². The van der Waals surface area contributed by atoms with Crippen LogP contribution in [0.5, 0.6) is 0 Å². The van der Waals surface area contributed by atoms with E-state index in [4.69, 9.17) is 0 Å². The summed E-state index contributed by atoms with van der Waals surface area (Å²) in [5, 5.41) is 0. The number of Topliss-reactive ketones (excluding diaryl/α,β-unsaturated/α-hetero) is 3. The predicted octanol–water partition coefficient (Wildman–Crippen LogP) is -0.547. The minimum absolute atomic E-state index is 0. The number of rotatable bonds is 3. The van der Waals surface area contributed by atoms with Gasteiger partial charge in [0.25, 0.3) is 0 Å². The van der Waals surface area contributed by atoms with Crippen LogP contribution in [0.3, 0.4) is 0 Å². The van der Waals surface area contributed by atoms with E-state index in [1.54, 1.807) is 0 Å². The van der Waals surface area contributed by atoms with Gasteiger partial charge in [-0.1, -0.05) is 0 Å². The van der Waals surface area contributed by atoms with Crippen molar-refractivity contribution < 1.29 is 14.4 Å². The summed E-state index contributed by atoms with van der Waals surface area (Å²) in [6.45, 7) is 3.73. The standard InChI is InChI=1S/C7H10O3.Ca.2H/c1-4(8)7(5(2)9)6(3)10;;;/h7H,1-3H3;;;. The first-order valence-electron chi connectivity index (χ1n) is 2.98. The summed E-state index contributed by atoms with van der Waals surface area (Å²) < 4.78 is 0. The Morgan fingerprint density at radius 2 is 1.00 bits per heavy atom. The van der Waals surface area contributed by atoms with Gasteiger partial charge in [0.15, 0.2) is 0 Å². The molecule has 0 amide bonds. The molecule has 0 rings (SSSR count). The SMILES string of the molecule is CC(=O)C(C(C)=O)C(C)=O.[CaH2]. The molecule has 0 aromatic carbocycles. The second-order valence-corrected chi connectivity index (χ2v) is 2.26. The van der Waals surface area contributed by atoms with Crippen molar-refractivity contribution in [3.63, 3.8) is 0 Å². The van der Waals surface area contributed by atoms with E-state index in [0.29, 0.717) is 0 Å².